The van der Waals surface area contributed by atoms with Crippen LogP contribution in [0.2, 0.25) is 0 Å². The first-order valence-corrected chi connectivity index (χ1v) is 6.16. The molecular formula is C12H24N2O. The van der Waals surface area contributed by atoms with Gasteiger partial charge in [0.2, 0.25) is 5.91 Å². The van der Waals surface area contributed by atoms with Gasteiger partial charge in [-0.2, -0.15) is 0 Å². The fourth-order valence-corrected chi connectivity index (χ4v) is 1.91. The molecule has 3 atom stereocenters. The minimum Gasteiger partial charge on any atom is -0.353 e. The maximum atomic E-state index is 11.9. The first kappa shape index (κ1) is 12.5. The van der Waals surface area contributed by atoms with Gasteiger partial charge in [0.05, 0.1) is 5.92 Å². The van der Waals surface area contributed by atoms with Crippen molar-refractivity contribution >= 4 is 5.91 Å². The largest absolute Gasteiger partial charge is 0.353 e. The predicted octanol–water partition coefficient (Wildman–Crippen LogP) is 1.54. The number of nitrogens with one attached hydrogen (secondary N) is 2. The quantitative estimate of drug-likeness (QED) is 0.742. The smallest absolute Gasteiger partial charge is 0.224 e. The molecule has 1 heterocycles. The van der Waals surface area contributed by atoms with Gasteiger partial charge in [-0.25, -0.2) is 0 Å². The number of piperidine rings is 1. The van der Waals surface area contributed by atoms with Crippen molar-refractivity contribution in [1.82, 2.24) is 10.6 Å². The van der Waals surface area contributed by atoms with Crippen molar-refractivity contribution < 1.29 is 4.79 Å². The van der Waals surface area contributed by atoms with Crippen molar-refractivity contribution in [3.63, 3.8) is 0 Å². The van der Waals surface area contributed by atoms with Crippen LogP contribution in [0.5, 0.6) is 0 Å². The van der Waals surface area contributed by atoms with Crippen LogP contribution < -0.4 is 10.6 Å². The van der Waals surface area contributed by atoms with Gasteiger partial charge in [-0.15, -0.1) is 0 Å². The zero-order valence-electron chi connectivity index (χ0n) is 10.2. The Morgan fingerprint density at radius 1 is 1.53 bits per heavy atom. The second-order valence-corrected chi connectivity index (χ2v) is 4.73. The minimum absolute atomic E-state index is 0.185. The van der Waals surface area contributed by atoms with Crippen molar-refractivity contribution in [1.29, 1.82) is 0 Å². The van der Waals surface area contributed by atoms with Gasteiger partial charge in [-0.1, -0.05) is 20.3 Å². The third kappa shape index (κ3) is 3.82. The van der Waals surface area contributed by atoms with Crippen molar-refractivity contribution in [2.45, 2.75) is 46.1 Å². The number of rotatable bonds is 4. The molecule has 0 radical (unpaired) electrons. The fraction of sp³-hybridized carbons (Fsp3) is 0.917. The molecule has 1 aliphatic rings. The molecule has 2 N–H and O–H groups in total. The molecule has 0 aromatic rings. The summed E-state index contributed by atoms with van der Waals surface area (Å²) in [5, 5.41) is 6.39. The molecule has 1 amide bonds. The number of hydrogen-bond donors (Lipinski definition) is 2. The van der Waals surface area contributed by atoms with E-state index in [0.717, 1.165) is 32.4 Å². The summed E-state index contributed by atoms with van der Waals surface area (Å²) < 4.78 is 0. The lowest BCUT2D eigenvalue weighted by molar-refractivity contribution is -0.126. The highest BCUT2D eigenvalue weighted by Crippen LogP contribution is 2.12. The van der Waals surface area contributed by atoms with E-state index in [4.69, 9.17) is 0 Å². The fourth-order valence-electron chi connectivity index (χ4n) is 1.91. The highest BCUT2D eigenvalue weighted by atomic mass is 16.2. The van der Waals surface area contributed by atoms with E-state index in [0.29, 0.717) is 12.0 Å². The van der Waals surface area contributed by atoms with Crippen LogP contribution in [0.15, 0.2) is 0 Å². The van der Waals surface area contributed by atoms with Crippen LogP contribution in [-0.2, 0) is 4.79 Å². The predicted molar refractivity (Wildman–Crippen MR) is 62.7 cm³/mol. The molecule has 1 saturated heterocycles. The Balaban J connectivity index is 2.33. The van der Waals surface area contributed by atoms with Gasteiger partial charge in [0.15, 0.2) is 0 Å². The van der Waals surface area contributed by atoms with E-state index < -0.39 is 0 Å². The van der Waals surface area contributed by atoms with Gasteiger partial charge < -0.3 is 10.6 Å². The van der Waals surface area contributed by atoms with E-state index in [9.17, 15) is 4.79 Å². The lowest BCUT2D eigenvalue weighted by atomic mass is 9.96. The summed E-state index contributed by atoms with van der Waals surface area (Å²) >= 11 is 0. The molecule has 15 heavy (non-hydrogen) atoms. The SMILES string of the molecule is CCC(C)C(C)NC(=O)[C@H]1CCCNC1. The number of hydrogen-bond acceptors (Lipinski definition) is 2. The van der Waals surface area contributed by atoms with Gasteiger partial charge in [0, 0.05) is 12.6 Å². The van der Waals surface area contributed by atoms with Crippen LogP contribution in [0.25, 0.3) is 0 Å². The molecular weight excluding hydrogens is 188 g/mol. The maximum Gasteiger partial charge on any atom is 0.224 e. The van der Waals surface area contributed by atoms with Crippen LogP contribution in [0.1, 0.15) is 40.0 Å². The Kier molecular flexibility index (Phi) is 5.09. The summed E-state index contributed by atoms with van der Waals surface area (Å²) in [6.45, 7) is 8.35. The molecule has 0 saturated carbocycles. The van der Waals surface area contributed by atoms with E-state index >= 15 is 0 Å². The van der Waals surface area contributed by atoms with Crippen molar-refractivity contribution in [2.75, 3.05) is 13.1 Å². The number of carbonyl (C=O) groups is 1. The summed E-state index contributed by atoms with van der Waals surface area (Å²) in [5.41, 5.74) is 0. The molecule has 3 nitrogen and oxygen atoms in total. The molecule has 1 aliphatic heterocycles. The van der Waals surface area contributed by atoms with Crippen LogP contribution in [0, 0.1) is 11.8 Å². The van der Waals surface area contributed by atoms with Gasteiger partial charge in [0.25, 0.3) is 0 Å². The van der Waals surface area contributed by atoms with Gasteiger partial charge >= 0.3 is 0 Å². The summed E-state index contributed by atoms with van der Waals surface area (Å²) in [6.07, 6.45) is 3.27. The second-order valence-electron chi connectivity index (χ2n) is 4.73. The zero-order chi connectivity index (χ0) is 11.3. The van der Waals surface area contributed by atoms with Gasteiger partial charge in [-0.3, -0.25) is 4.79 Å². The van der Waals surface area contributed by atoms with Gasteiger partial charge in [-0.05, 0) is 32.2 Å². The second kappa shape index (κ2) is 6.11. The normalized spacial score (nSPS) is 25.7. The Morgan fingerprint density at radius 2 is 2.27 bits per heavy atom. The summed E-state index contributed by atoms with van der Waals surface area (Å²) in [5.74, 6) is 0.978. The Bertz CT molecular complexity index is 200. The molecule has 0 spiro atoms. The maximum absolute atomic E-state index is 11.9. The van der Waals surface area contributed by atoms with Crippen LogP contribution in [0.3, 0.4) is 0 Å². The van der Waals surface area contributed by atoms with E-state index in [-0.39, 0.29) is 11.8 Å². The van der Waals surface area contributed by atoms with E-state index in [1.807, 2.05) is 0 Å². The third-order valence-electron chi connectivity index (χ3n) is 3.54. The third-order valence-corrected chi connectivity index (χ3v) is 3.54. The Hall–Kier alpha value is -0.570. The average Bonchev–Trinajstić information content (AvgIpc) is 2.29. The average molecular weight is 212 g/mol. The summed E-state index contributed by atoms with van der Waals surface area (Å²) in [6, 6.07) is 0.296. The highest BCUT2D eigenvalue weighted by Gasteiger charge is 2.23. The van der Waals surface area contributed by atoms with Crippen LogP contribution in [-0.4, -0.2) is 25.0 Å². The summed E-state index contributed by atoms with van der Waals surface area (Å²) in [4.78, 5) is 11.9. The molecule has 1 rings (SSSR count). The van der Waals surface area contributed by atoms with Crippen molar-refractivity contribution in [3.05, 3.63) is 0 Å². The molecule has 0 aromatic heterocycles. The molecule has 0 aromatic carbocycles. The molecule has 2 unspecified atom stereocenters. The molecule has 0 aliphatic carbocycles. The van der Waals surface area contributed by atoms with Gasteiger partial charge in [0.1, 0.15) is 0 Å². The molecule has 0 bridgehead atoms. The lowest BCUT2D eigenvalue weighted by Crippen LogP contribution is -2.45. The van der Waals surface area contributed by atoms with Crippen LogP contribution in [0.4, 0.5) is 0 Å². The number of carbonyl (C=O) groups excluding carboxylic acids is 1. The Labute approximate surface area is 93.0 Å². The summed E-state index contributed by atoms with van der Waals surface area (Å²) in [7, 11) is 0. The standard InChI is InChI=1S/C12H24N2O/c1-4-9(2)10(3)14-12(15)11-6-5-7-13-8-11/h9-11,13H,4-8H2,1-3H3,(H,14,15)/t9?,10?,11-/m0/s1. The minimum atomic E-state index is 0.185. The molecule has 3 heteroatoms. The van der Waals surface area contributed by atoms with E-state index in [2.05, 4.69) is 31.4 Å². The first-order valence-electron chi connectivity index (χ1n) is 6.16. The topological polar surface area (TPSA) is 41.1 Å². The number of amides is 1. The highest BCUT2D eigenvalue weighted by molar-refractivity contribution is 5.79. The van der Waals surface area contributed by atoms with Crippen molar-refractivity contribution in [2.24, 2.45) is 11.8 Å². The van der Waals surface area contributed by atoms with E-state index in [1.165, 1.54) is 0 Å². The zero-order valence-corrected chi connectivity index (χ0v) is 10.2. The first-order chi connectivity index (χ1) is 7.15. The molecule has 88 valence electrons. The van der Waals surface area contributed by atoms with E-state index in [1.54, 1.807) is 0 Å². The van der Waals surface area contributed by atoms with Crippen molar-refractivity contribution in [3.8, 4) is 0 Å². The molecule has 1 fully saturated rings. The van der Waals surface area contributed by atoms with Crippen LogP contribution >= 0.6 is 0 Å². The lowest BCUT2D eigenvalue weighted by Gasteiger charge is -2.26. The monoisotopic (exact) mass is 212 g/mol. The Morgan fingerprint density at radius 3 is 2.80 bits per heavy atom.